The summed E-state index contributed by atoms with van der Waals surface area (Å²) < 4.78 is 24.5. The third kappa shape index (κ3) is 2.30. The molecule has 3 rings (SSSR count). The summed E-state index contributed by atoms with van der Waals surface area (Å²) in [5.41, 5.74) is 0. The monoisotopic (exact) mass is 316 g/mol. The van der Waals surface area contributed by atoms with Crippen molar-refractivity contribution < 1.29 is 18.9 Å². The Morgan fingerprint density at radius 1 is 1.11 bits per heavy atom. The SMILES string of the molecule is CC1(C)O[C@H]2[C@@H]3OC/C=C\CO[C@H]3C=C(Br)[C@H]2O1. The van der Waals surface area contributed by atoms with Crippen molar-refractivity contribution in [3.63, 3.8) is 0 Å². The first-order valence-corrected chi connectivity index (χ1v) is 6.97. The van der Waals surface area contributed by atoms with E-state index in [-0.39, 0.29) is 24.4 Å². The van der Waals surface area contributed by atoms with E-state index in [9.17, 15) is 0 Å². The molecule has 3 aliphatic rings. The van der Waals surface area contributed by atoms with E-state index in [4.69, 9.17) is 18.9 Å². The van der Waals surface area contributed by atoms with Gasteiger partial charge in [-0.15, -0.1) is 0 Å². The van der Waals surface area contributed by atoms with Gasteiger partial charge in [-0.25, -0.2) is 0 Å². The Morgan fingerprint density at radius 2 is 1.83 bits per heavy atom. The van der Waals surface area contributed by atoms with E-state index >= 15 is 0 Å². The van der Waals surface area contributed by atoms with Gasteiger partial charge in [0.15, 0.2) is 5.79 Å². The Labute approximate surface area is 115 Å². The molecule has 0 radical (unpaired) electrons. The molecule has 2 aliphatic heterocycles. The smallest absolute Gasteiger partial charge is 0.164 e. The molecule has 0 spiro atoms. The van der Waals surface area contributed by atoms with E-state index < -0.39 is 5.79 Å². The van der Waals surface area contributed by atoms with Crippen molar-refractivity contribution in [2.45, 2.75) is 44.1 Å². The van der Waals surface area contributed by atoms with Crippen LogP contribution in [0.2, 0.25) is 0 Å². The second-order valence-electron chi connectivity index (χ2n) is 5.14. The summed E-state index contributed by atoms with van der Waals surface area (Å²) in [5, 5.41) is 0. The highest BCUT2D eigenvalue weighted by Crippen LogP contribution is 2.41. The number of hydrogen-bond donors (Lipinski definition) is 0. The van der Waals surface area contributed by atoms with Crippen molar-refractivity contribution in [2.75, 3.05) is 13.2 Å². The largest absolute Gasteiger partial charge is 0.368 e. The number of rotatable bonds is 0. The first kappa shape index (κ1) is 12.8. The average molecular weight is 317 g/mol. The quantitative estimate of drug-likeness (QED) is 0.642. The molecule has 1 aliphatic carbocycles. The highest BCUT2D eigenvalue weighted by molar-refractivity contribution is 9.11. The van der Waals surface area contributed by atoms with Crippen LogP contribution in [-0.2, 0) is 18.9 Å². The Bertz CT molecular complexity index is 390. The van der Waals surface area contributed by atoms with Gasteiger partial charge in [0.2, 0.25) is 0 Å². The highest BCUT2D eigenvalue weighted by Gasteiger charge is 2.51. The van der Waals surface area contributed by atoms with Crippen LogP contribution in [0.4, 0.5) is 0 Å². The lowest BCUT2D eigenvalue weighted by atomic mass is 9.95. The first-order chi connectivity index (χ1) is 8.57. The molecule has 0 aromatic rings. The van der Waals surface area contributed by atoms with Gasteiger partial charge in [-0.2, -0.15) is 0 Å². The third-order valence-electron chi connectivity index (χ3n) is 3.31. The van der Waals surface area contributed by atoms with Crippen LogP contribution >= 0.6 is 15.9 Å². The van der Waals surface area contributed by atoms with E-state index in [1.165, 1.54) is 0 Å². The number of ether oxygens (including phenoxy) is 4. The fraction of sp³-hybridized carbons (Fsp3) is 0.692. The second-order valence-corrected chi connectivity index (χ2v) is 6.06. The van der Waals surface area contributed by atoms with Crippen molar-refractivity contribution in [1.29, 1.82) is 0 Å². The van der Waals surface area contributed by atoms with E-state index in [0.717, 1.165) is 4.48 Å². The van der Waals surface area contributed by atoms with Crippen LogP contribution in [0.1, 0.15) is 13.8 Å². The third-order valence-corrected chi connectivity index (χ3v) is 4.02. The van der Waals surface area contributed by atoms with E-state index in [1.54, 1.807) is 0 Å². The van der Waals surface area contributed by atoms with Crippen molar-refractivity contribution in [1.82, 2.24) is 0 Å². The summed E-state index contributed by atoms with van der Waals surface area (Å²) in [7, 11) is 0. The normalized spacial score (nSPS) is 44.3. The van der Waals surface area contributed by atoms with E-state index in [1.807, 2.05) is 32.1 Å². The molecular weight excluding hydrogens is 300 g/mol. The summed E-state index contributed by atoms with van der Waals surface area (Å²) >= 11 is 3.56. The molecule has 0 N–H and O–H groups in total. The van der Waals surface area contributed by atoms with Gasteiger partial charge in [-0.1, -0.05) is 28.1 Å². The van der Waals surface area contributed by atoms with Gasteiger partial charge in [0.25, 0.3) is 0 Å². The number of hydrogen-bond acceptors (Lipinski definition) is 4. The molecular formula is C13H17BrO4. The van der Waals surface area contributed by atoms with Crippen LogP contribution in [-0.4, -0.2) is 43.4 Å². The van der Waals surface area contributed by atoms with Gasteiger partial charge in [-0.3, -0.25) is 0 Å². The molecule has 4 atom stereocenters. The topological polar surface area (TPSA) is 36.9 Å². The minimum Gasteiger partial charge on any atom is -0.368 e. The highest BCUT2D eigenvalue weighted by atomic mass is 79.9. The number of fused-ring (bicyclic) bond motifs is 3. The fourth-order valence-corrected chi connectivity index (χ4v) is 3.19. The molecule has 0 aromatic heterocycles. The van der Waals surface area contributed by atoms with Crippen molar-refractivity contribution >= 4 is 15.9 Å². The molecule has 5 heteroatoms. The van der Waals surface area contributed by atoms with Crippen LogP contribution in [0.15, 0.2) is 22.7 Å². The van der Waals surface area contributed by atoms with Crippen LogP contribution in [0, 0.1) is 0 Å². The summed E-state index contributed by atoms with van der Waals surface area (Å²) in [4.78, 5) is 0. The van der Waals surface area contributed by atoms with Crippen LogP contribution in [0.3, 0.4) is 0 Å². The van der Waals surface area contributed by atoms with E-state index in [2.05, 4.69) is 15.9 Å². The molecule has 0 unspecified atom stereocenters. The summed E-state index contributed by atoms with van der Waals surface area (Å²) in [6.07, 6.45) is 5.52. The Hall–Kier alpha value is -0.200. The molecule has 0 amide bonds. The maximum Gasteiger partial charge on any atom is 0.164 e. The molecule has 1 saturated heterocycles. The summed E-state index contributed by atoms with van der Waals surface area (Å²) in [5.74, 6) is -0.585. The van der Waals surface area contributed by atoms with E-state index in [0.29, 0.717) is 13.2 Å². The van der Waals surface area contributed by atoms with Gasteiger partial charge < -0.3 is 18.9 Å². The van der Waals surface area contributed by atoms with Crippen molar-refractivity contribution in [3.8, 4) is 0 Å². The molecule has 4 nitrogen and oxygen atoms in total. The van der Waals surface area contributed by atoms with Crippen LogP contribution < -0.4 is 0 Å². The summed E-state index contributed by atoms with van der Waals surface area (Å²) in [6, 6.07) is 0. The fourth-order valence-electron chi connectivity index (χ4n) is 2.58. The van der Waals surface area contributed by atoms with Gasteiger partial charge in [-0.05, 0) is 19.9 Å². The average Bonchev–Trinajstić information content (AvgIpc) is 2.58. The van der Waals surface area contributed by atoms with Crippen molar-refractivity contribution in [3.05, 3.63) is 22.7 Å². The maximum atomic E-state index is 5.97. The molecule has 18 heavy (non-hydrogen) atoms. The van der Waals surface area contributed by atoms with Gasteiger partial charge in [0.05, 0.1) is 13.2 Å². The van der Waals surface area contributed by atoms with Crippen LogP contribution in [0.5, 0.6) is 0 Å². The molecule has 0 aromatic carbocycles. The molecule has 100 valence electrons. The minimum absolute atomic E-state index is 0.0944. The molecule has 0 bridgehead atoms. The van der Waals surface area contributed by atoms with Crippen LogP contribution in [0.25, 0.3) is 0 Å². The molecule has 0 saturated carbocycles. The lowest BCUT2D eigenvalue weighted by Gasteiger charge is -2.35. The predicted molar refractivity (Wildman–Crippen MR) is 69.5 cm³/mol. The van der Waals surface area contributed by atoms with Gasteiger partial charge in [0, 0.05) is 4.48 Å². The Kier molecular flexibility index (Phi) is 3.36. The van der Waals surface area contributed by atoms with Gasteiger partial charge in [0.1, 0.15) is 24.4 Å². The first-order valence-electron chi connectivity index (χ1n) is 6.18. The summed E-state index contributed by atoms with van der Waals surface area (Å²) in [6.45, 7) is 5.03. The maximum absolute atomic E-state index is 5.97. The second kappa shape index (κ2) is 4.72. The Balaban J connectivity index is 1.89. The Morgan fingerprint density at radius 3 is 2.61 bits per heavy atom. The molecule has 1 fully saturated rings. The zero-order valence-corrected chi connectivity index (χ0v) is 12.1. The lowest BCUT2D eigenvalue weighted by molar-refractivity contribution is -0.167. The zero-order chi connectivity index (χ0) is 12.8. The molecule has 2 heterocycles. The van der Waals surface area contributed by atoms with Crippen molar-refractivity contribution in [2.24, 2.45) is 0 Å². The number of halogens is 1. The standard InChI is InChI=1S/C13H17BrO4/c1-13(2)17-10-8(14)7-9-11(12(10)18-13)16-6-4-3-5-15-9/h3-4,7,9-12H,5-6H2,1-2H3/b4-3-/t9-,10+,11+,12+/m0/s1. The predicted octanol–water partition coefficient (Wildman–Crippen LogP) is 2.14. The van der Waals surface area contributed by atoms with Gasteiger partial charge >= 0.3 is 0 Å². The lowest BCUT2D eigenvalue weighted by Crippen LogP contribution is -2.49. The zero-order valence-electron chi connectivity index (χ0n) is 10.5. The minimum atomic E-state index is -0.585.